The van der Waals surface area contributed by atoms with Crippen molar-refractivity contribution in [3.05, 3.63) is 24.3 Å². The Labute approximate surface area is 125 Å². The van der Waals surface area contributed by atoms with Crippen LogP contribution in [0.3, 0.4) is 0 Å². The van der Waals surface area contributed by atoms with Crippen LogP contribution in [0, 0.1) is 0 Å². The van der Waals surface area contributed by atoms with Gasteiger partial charge in [0.25, 0.3) is 0 Å². The summed E-state index contributed by atoms with van der Waals surface area (Å²) < 4.78 is 31.4. The molecular weight excluding hydrogens is 294 g/mol. The van der Waals surface area contributed by atoms with E-state index in [1.54, 1.807) is 19.2 Å². The van der Waals surface area contributed by atoms with Crippen LogP contribution in [0.5, 0.6) is 0 Å². The fourth-order valence-electron chi connectivity index (χ4n) is 1.58. The molecule has 1 amide bonds. The van der Waals surface area contributed by atoms with Crippen LogP contribution in [-0.4, -0.2) is 47.7 Å². The quantitative estimate of drug-likeness (QED) is 0.594. The lowest BCUT2D eigenvalue weighted by molar-refractivity contribution is -0.122. The Kier molecular flexibility index (Phi) is 6.60. The van der Waals surface area contributed by atoms with Gasteiger partial charge in [-0.1, -0.05) is 0 Å². The van der Waals surface area contributed by atoms with Gasteiger partial charge < -0.3 is 15.4 Å². The topological polar surface area (TPSA) is 96.5 Å². The monoisotopic (exact) mass is 315 g/mol. The number of carbonyl (C=O) groups is 1. The third kappa shape index (κ3) is 5.33. The summed E-state index contributed by atoms with van der Waals surface area (Å²) in [6.45, 7) is 2.19. The molecule has 0 aromatic heterocycles. The zero-order chi connectivity index (χ0) is 15.9. The van der Waals surface area contributed by atoms with Crippen molar-refractivity contribution in [2.24, 2.45) is 0 Å². The normalized spacial score (nSPS) is 12.7. The number of hydrogen-bond donors (Lipinski definition) is 3. The first kappa shape index (κ1) is 17.4. The second-order valence-corrected chi connectivity index (χ2v) is 6.12. The van der Waals surface area contributed by atoms with Crippen LogP contribution in [0.1, 0.15) is 6.92 Å². The number of methoxy groups -OCH3 is 1. The maximum atomic E-state index is 12.1. The summed E-state index contributed by atoms with van der Waals surface area (Å²) in [5.74, 6) is -0.400. The van der Waals surface area contributed by atoms with E-state index in [1.165, 1.54) is 26.2 Å². The van der Waals surface area contributed by atoms with Gasteiger partial charge in [0.1, 0.15) is 0 Å². The Morgan fingerprint density at radius 2 is 1.90 bits per heavy atom. The summed E-state index contributed by atoms with van der Waals surface area (Å²) in [6.07, 6.45) is 0. The maximum Gasteiger partial charge on any atom is 0.241 e. The van der Waals surface area contributed by atoms with Crippen molar-refractivity contribution in [2.45, 2.75) is 17.9 Å². The van der Waals surface area contributed by atoms with Crippen LogP contribution in [0.2, 0.25) is 0 Å². The van der Waals surface area contributed by atoms with Crippen LogP contribution in [0.4, 0.5) is 5.69 Å². The van der Waals surface area contributed by atoms with E-state index >= 15 is 0 Å². The Morgan fingerprint density at radius 3 is 2.43 bits per heavy atom. The number of benzene rings is 1. The van der Waals surface area contributed by atoms with Crippen LogP contribution in [0.15, 0.2) is 29.2 Å². The number of amides is 1. The molecule has 1 atom stereocenters. The number of sulfonamides is 1. The number of hydrogen-bond acceptors (Lipinski definition) is 5. The Morgan fingerprint density at radius 1 is 1.29 bits per heavy atom. The molecule has 1 aromatic rings. The lowest BCUT2D eigenvalue weighted by Gasteiger charge is -2.14. The van der Waals surface area contributed by atoms with Crippen LogP contribution >= 0.6 is 0 Å². The second kappa shape index (κ2) is 7.96. The molecule has 0 saturated heterocycles. The van der Waals surface area contributed by atoms with Crippen molar-refractivity contribution >= 4 is 21.6 Å². The van der Waals surface area contributed by atoms with Crippen LogP contribution < -0.4 is 15.4 Å². The van der Waals surface area contributed by atoms with Crippen LogP contribution in [-0.2, 0) is 19.6 Å². The van der Waals surface area contributed by atoms with E-state index in [2.05, 4.69) is 15.4 Å². The summed E-state index contributed by atoms with van der Waals surface area (Å²) in [5, 5.41) is 5.48. The molecule has 3 N–H and O–H groups in total. The molecule has 0 spiro atoms. The van der Waals surface area contributed by atoms with E-state index in [1.807, 2.05) is 0 Å². The largest absolute Gasteiger partial charge is 0.388 e. The van der Waals surface area contributed by atoms with E-state index < -0.39 is 22.0 Å². The lowest BCUT2D eigenvalue weighted by atomic mass is 10.3. The van der Waals surface area contributed by atoms with Gasteiger partial charge in [0.15, 0.2) is 0 Å². The molecule has 0 aliphatic heterocycles. The SMILES string of the molecule is CNc1ccc(S(=O)(=O)NC(C)C(=O)NCCOC)cc1. The summed E-state index contributed by atoms with van der Waals surface area (Å²) in [6, 6.07) is 5.39. The van der Waals surface area contributed by atoms with Crippen molar-refractivity contribution in [1.82, 2.24) is 10.0 Å². The van der Waals surface area contributed by atoms with Gasteiger partial charge in [0.05, 0.1) is 17.5 Å². The van der Waals surface area contributed by atoms with E-state index in [0.717, 1.165) is 5.69 Å². The zero-order valence-electron chi connectivity index (χ0n) is 12.3. The number of anilines is 1. The predicted molar refractivity (Wildman–Crippen MR) is 80.7 cm³/mol. The minimum atomic E-state index is -3.73. The molecule has 1 rings (SSSR count). The molecule has 1 aromatic carbocycles. The van der Waals surface area contributed by atoms with Gasteiger partial charge in [-0.05, 0) is 31.2 Å². The second-order valence-electron chi connectivity index (χ2n) is 4.40. The molecular formula is C13H21N3O4S. The summed E-state index contributed by atoms with van der Waals surface area (Å²) in [5.41, 5.74) is 0.805. The summed E-state index contributed by atoms with van der Waals surface area (Å²) in [4.78, 5) is 11.8. The molecule has 8 heteroatoms. The van der Waals surface area contributed by atoms with E-state index in [-0.39, 0.29) is 4.90 Å². The fourth-order valence-corrected chi connectivity index (χ4v) is 2.79. The van der Waals surface area contributed by atoms with Crippen molar-refractivity contribution in [3.63, 3.8) is 0 Å². The van der Waals surface area contributed by atoms with Crippen molar-refractivity contribution in [3.8, 4) is 0 Å². The van der Waals surface area contributed by atoms with Crippen LogP contribution in [0.25, 0.3) is 0 Å². The molecule has 118 valence electrons. The van der Waals surface area contributed by atoms with Gasteiger partial charge in [-0.15, -0.1) is 0 Å². The van der Waals surface area contributed by atoms with Crippen molar-refractivity contribution in [1.29, 1.82) is 0 Å². The minimum absolute atomic E-state index is 0.109. The first-order chi connectivity index (χ1) is 9.90. The van der Waals surface area contributed by atoms with Crippen molar-refractivity contribution < 1.29 is 17.9 Å². The lowest BCUT2D eigenvalue weighted by Crippen LogP contribution is -2.45. The van der Waals surface area contributed by atoms with Gasteiger partial charge in [-0.3, -0.25) is 4.79 Å². The molecule has 0 heterocycles. The highest BCUT2D eigenvalue weighted by molar-refractivity contribution is 7.89. The summed E-state index contributed by atoms with van der Waals surface area (Å²) >= 11 is 0. The molecule has 21 heavy (non-hydrogen) atoms. The highest BCUT2D eigenvalue weighted by Gasteiger charge is 2.21. The van der Waals surface area contributed by atoms with E-state index in [9.17, 15) is 13.2 Å². The van der Waals surface area contributed by atoms with Gasteiger partial charge in [0.2, 0.25) is 15.9 Å². The fraction of sp³-hybridized carbons (Fsp3) is 0.462. The average Bonchev–Trinajstić information content (AvgIpc) is 2.47. The van der Waals surface area contributed by atoms with Gasteiger partial charge in [-0.2, -0.15) is 4.72 Å². The number of ether oxygens (including phenoxy) is 1. The predicted octanol–water partition coefficient (Wildman–Crippen LogP) is 0.158. The number of nitrogens with one attached hydrogen (secondary N) is 3. The summed E-state index contributed by atoms with van der Waals surface area (Å²) in [7, 11) is -0.465. The minimum Gasteiger partial charge on any atom is -0.388 e. The first-order valence-corrected chi connectivity index (χ1v) is 7.96. The molecule has 0 radical (unpaired) electrons. The highest BCUT2D eigenvalue weighted by atomic mass is 32.2. The number of rotatable bonds is 8. The Hall–Kier alpha value is -1.64. The molecule has 0 bridgehead atoms. The third-order valence-corrected chi connectivity index (χ3v) is 4.34. The zero-order valence-corrected chi connectivity index (χ0v) is 13.2. The Balaban J connectivity index is 2.68. The first-order valence-electron chi connectivity index (χ1n) is 6.47. The standard InChI is InChI=1S/C13H21N3O4S/c1-10(13(17)15-8-9-20-3)16-21(18,19)12-6-4-11(14-2)5-7-12/h4-7,10,14,16H,8-9H2,1-3H3,(H,15,17). The van der Waals surface area contributed by atoms with Gasteiger partial charge in [-0.25, -0.2) is 8.42 Å². The average molecular weight is 315 g/mol. The Bertz CT molecular complexity index is 557. The highest BCUT2D eigenvalue weighted by Crippen LogP contribution is 2.13. The molecule has 7 nitrogen and oxygen atoms in total. The number of carbonyl (C=O) groups excluding carboxylic acids is 1. The smallest absolute Gasteiger partial charge is 0.241 e. The van der Waals surface area contributed by atoms with Gasteiger partial charge >= 0.3 is 0 Å². The molecule has 1 unspecified atom stereocenters. The van der Waals surface area contributed by atoms with Gasteiger partial charge in [0, 0.05) is 26.4 Å². The van der Waals surface area contributed by atoms with E-state index in [4.69, 9.17) is 4.74 Å². The molecule has 0 saturated carbocycles. The van der Waals surface area contributed by atoms with Crippen molar-refractivity contribution in [2.75, 3.05) is 32.6 Å². The molecule has 0 fully saturated rings. The maximum absolute atomic E-state index is 12.1. The molecule has 0 aliphatic rings. The molecule has 0 aliphatic carbocycles. The third-order valence-electron chi connectivity index (χ3n) is 2.78. The van der Waals surface area contributed by atoms with E-state index in [0.29, 0.717) is 13.2 Å².